The summed E-state index contributed by atoms with van der Waals surface area (Å²) in [4.78, 5) is 3.99. The fraction of sp³-hybridized carbons (Fsp3) is 0.375. The van der Waals surface area contributed by atoms with Gasteiger partial charge < -0.3 is 0 Å². The van der Waals surface area contributed by atoms with Crippen LogP contribution in [0, 0.1) is 9.39 Å². The highest BCUT2D eigenvalue weighted by Gasteiger charge is 2.07. The van der Waals surface area contributed by atoms with E-state index in [0.29, 0.717) is 5.69 Å². The molecule has 0 atom stereocenters. The minimum absolute atomic E-state index is 0.159. The quantitative estimate of drug-likeness (QED) is 0.711. The van der Waals surface area contributed by atoms with Gasteiger partial charge in [-0.25, -0.2) is 4.39 Å². The van der Waals surface area contributed by atoms with Crippen LogP contribution in [0.3, 0.4) is 0 Å². The number of aromatic nitrogens is 1. The van der Waals surface area contributed by atoms with Crippen LogP contribution in [0.5, 0.6) is 0 Å². The maximum Gasteiger partial charge on any atom is 0.146 e. The second-order valence-electron chi connectivity index (χ2n) is 2.68. The Balaban J connectivity index is 3.09. The largest absolute Gasteiger partial charge is 0.257 e. The second kappa shape index (κ2) is 3.47. The molecule has 0 aliphatic heterocycles. The van der Waals surface area contributed by atoms with Crippen LogP contribution in [0.4, 0.5) is 4.39 Å². The average Bonchev–Trinajstić information content (AvgIpc) is 1.85. The minimum Gasteiger partial charge on any atom is -0.257 e. The molecule has 0 aliphatic rings. The van der Waals surface area contributed by atoms with Gasteiger partial charge in [-0.1, -0.05) is 13.8 Å². The highest BCUT2D eigenvalue weighted by molar-refractivity contribution is 14.1. The molecule has 0 bridgehead atoms. The zero-order valence-electron chi connectivity index (χ0n) is 6.44. The molecule has 0 unspecified atom stereocenters. The summed E-state index contributed by atoms with van der Waals surface area (Å²) in [5, 5.41) is 0. The van der Waals surface area contributed by atoms with Crippen LogP contribution in [0.15, 0.2) is 12.3 Å². The number of hydrogen-bond donors (Lipinski definition) is 0. The highest BCUT2D eigenvalue weighted by Crippen LogP contribution is 2.16. The molecule has 0 spiro atoms. The summed E-state index contributed by atoms with van der Waals surface area (Å²) >= 11 is 2.04. The zero-order chi connectivity index (χ0) is 8.43. The van der Waals surface area contributed by atoms with Crippen LogP contribution in [0.2, 0.25) is 0 Å². The molecule has 1 rings (SSSR count). The molecule has 0 N–H and O–H groups in total. The first-order chi connectivity index (χ1) is 5.11. The standard InChI is InChI=1S/C8H9FIN/c1-5(2)8-7(9)3-6(10)4-11-8/h3-5H,1-2H3. The number of halogens is 2. The Morgan fingerprint density at radius 3 is 2.64 bits per heavy atom. The Labute approximate surface area is 79.2 Å². The average molecular weight is 265 g/mol. The third-order valence-electron chi connectivity index (χ3n) is 1.38. The van der Waals surface area contributed by atoms with E-state index in [4.69, 9.17) is 0 Å². The number of pyridine rings is 1. The normalized spacial score (nSPS) is 10.6. The van der Waals surface area contributed by atoms with Crippen LogP contribution >= 0.6 is 22.6 Å². The molecule has 0 fully saturated rings. The molecule has 0 radical (unpaired) electrons. The van der Waals surface area contributed by atoms with E-state index in [1.807, 2.05) is 36.4 Å². The van der Waals surface area contributed by atoms with Crippen molar-refractivity contribution in [3.63, 3.8) is 0 Å². The van der Waals surface area contributed by atoms with E-state index < -0.39 is 0 Å². The van der Waals surface area contributed by atoms with Crippen molar-refractivity contribution in [2.45, 2.75) is 19.8 Å². The van der Waals surface area contributed by atoms with E-state index in [1.165, 1.54) is 6.07 Å². The third-order valence-corrected chi connectivity index (χ3v) is 1.97. The van der Waals surface area contributed by atoms with Crippen molar-refractivity contribution in [1.82, 2.24) is 4.98 Å². The Bertz CT molecular complexity index is 260. The van der Waals surface area contributed by atoms with Crippen molar-refractivity contribution < 1.29 is 4.39 Å². The summed E-state index contributed by atoms with van der Waals surface area (Å²) in [5.41, 5.74) is 0.547. The maximum atomic E-state index is 13.0. The smallest absolute Gasteiger partial charge is 0.146 e. The lowest BCUT2D eigenvalue weighted by molar-refractivity contribution is 0.583. The van der Waals surface area contributed by atoms with Gasteiger partial charge in [-0.2, -0.15) is 0 Å². The van der Waals surface area contributed by atoms with E-state index in [0.717, 1.165) is 3.57 Å². The lowest BCUT2D eigenvalue weighted by atomic mass is 10.1. The maximum absolute atomic E-state index is 13.0. The van der Waals surface area contributed by atoms with Crippen LogP contribution in [-0.4, -0.2) is 4.98 Å². The van der Waals surface area contributed by atoms with Gasteiger partial charge >= 0.3 is 0 Å². The number of nitrogens with zero attached hydrogens (tertiary/aromatic N) is 1. The van der Waals surface area contributed by atoms with Gasteiger partial charge in [0.15, 0.2) is 0 Å². The molecule has 3 heteroatoms. The SMILES string of the molecule is CC(C)c1ncc(I)cc1F. The lowest BCUT2D eigenvalue weighted by Crippen LogP contribution is -1.97. The minimum atomic E-state index is -0.202. The van der Waals surface area contributed by atoms with Gasteiger partial charge in [-0.3, -0.25) is 4.98 Å². The number of hydrogen-bond acceptors (Lipinski definition) is 1. The molecule has 0 amide bonds. The first-order valence-electron chi connectivity index (χ1n) is 3.42. The fourth-order valence-electron chi connectivity index (χ4n) is 0.850. The Kier molecular flexibility index (Phi) is 2.81. The van der Waals surface area contributed by atoms with Crippen LogP contribution in [0.1, 0.15) is 25.5 Å². The molecular formula is C8H9FIN. The third kappa shape index (κ3) is 2.12. The van der Waals surface area contributed by atoms with E-state index in [2.05, 4.69) is 4.98 Å². The van der Waals surface area contributed by atoms with Gasteiger partial charge in [0.1, 0.15) is 5.82 Å². The van der Waals surface area contributed by atoms with Crippen molar-refractivity contribution in [3.05, 3.63) is 27.3 Å². The van der Waals surface area contributed by atoms with Gasteiger partial charge in [-0.15, -0.1) is 0 Å². The van der Waals surface area contributed by atoms with Crippen LogP contribution in [0.25, 0.3) is 0 Å². The van der Waals surface area contributed by atoms with Crippen molar-refractivity contribution in [2.24, 2.45) is 0 Å². The molecule has 0 aliphatic carbocycles. The van der Waals surface area contributed by atoms with Gasteiger partial charge in [-0.05, 0) is 34.6 Å². The van der Waals surface area contributed by atoms with E-state index in [-0.39, 0.29) is 11.7 Å². The monoisotopic (exact) mass is 265 g/mol. The van der Waals surface area contributed by atoms with Gasteiger partial charge in [0.25, 0.3) is 0 Å². The zero-order valence-corrected chi connectivity index (χ0v) is 8.59. The molecule has 1 aromatic rings. The van der Waals surface area contributed by atoms with Crippen LogP contribution < -0.4 is 0 Å². The van der Waals surface area contributed by atoms with Crippen molar-refractivity contribution in [1.29, 1.82) is 0 Å². The second-order valence-corrected chi connectivity index (χ2v) is 3.92. The van der Waals surface area contributed by atoms with E-state index in [9.17, 15) is 4.39 Å². The predicted octanol–water partition coefficient (Wildman–Crippen LogP) is 2.95. The topological polar surface area (TPSA) is 12.9 Å². The van der Waals surface area contributed by atoms with Gasteiger partial charge in [0.2, 0.25) is 0 Å². The number of rotatable bonds is 1. The summed E-state index contributed by atoms with van der Waals surface area (Å²) in [7, 11) is 0. The summed E-state index contributed by atoms with van der Waals surface area (Å²) < 4.78 is 13.9. The summed E-state index contributed by atoms with van der Waals surface area (Å²) in [6.07, 6.45) is 1.68. The van der Waals surface area contributed by atoms with Gasteiger partial charge in [0, 0.05) is 9.77 Å². The molecule has 1 heterocycles. The van der Waals surface area contributed by atoms with Crippen molar-refractivity contribution >= 4 is 22.6 Å². The fourth-order valence-corrected chi connectivity index (χ4v) is 1.26. The molecule has 0 aromatic carbocycles. The first-order valence-corrected chi connectivity index (χ1v) is 4.50. The Morgan fingerprint density at radius 2 is 2.18 bits per heavy atom. The molecule has 11 heavy (non-hydrogen) atoms. The van der Waals surface area contributed by atoms with Crippen molar-refractivity contribution in [3.8, 4) is 0 Å². The van der Waals surface area contributed by atoms with E-state index >= 15 is 0 Å². The van der Waals surface area contributed by atoms with Gasteiger partial charge in [0.05, 0.1) is 5.69 Å². The van der Waals surface area contributed by atoms with Crippen molar-refractivity contribution in [2.75, 3.05) is 0 Å². The molecular weight excluding hydrogens is 256 g/mol. The Morgan fingerprint density at radius 1 is 1.55 bits per heavy atom. The highest BCUT2D eigenvalue weighted by atomic mass is 127. The molecule has 0 saturated heterocycles. The predicted molar refractivity (Wildman–Crippen MR) is 51.0 cm³/mol. The summed E-state index contributed by atoms with van der Waals surface area (Å²) in [5.74, 6) is -0.0427. The molecule has 60 valence electrons. The molecule has 1 aromatic heterocycles. The molecule has 0 saturated carbocycles. The summed E-state index contributed by atoms with van der Waals surface area (Å²) in [6.45, 7) is 3.86. The lowest BCUT2D eigenvalue weighted by Gasteiger charge is -2.04. The Hall–Kier alpha value is -0.190. The molecule has 1 nitrogen and oxygen atoms in total. The van der Waals surface area contributed by atoms with Crippen LogP contribution in [-0.2, 0) is 0 Å². The van der Waals surface area contributed by atoms with E-state index in [1.54, 1.807) is 6.20 Å². The first kappa shape index (κ1) is 8.90. The summed E-state index contributed by atoms with van der Waals surface area (Å²) in [6, 6.07) is 1.50.